The van der Waals surface area contributed by atoms with Gasteiger partial charge in [-0.2, -0.15) is 4.98 Å². The Balaban J connectivity index is 1.53. The van der Waals surface area contributed by atoms with Crippen LogP contribution in [0.4, 0.5) is 0 Å². The van der Waals surface area contributed by atoms with Gasteiger partial charge in [0.25, 0.3) is 0 Å². The molecule has 4 aromatic heterocycles. The molecule has 4 heterocycles. The molecule has 8 nitrogen and oxygen atoms in total. The van der Waals surface area contributed by atoms with Gasteiger partial charge >= 0.3 is 0 Å². The maximum absolute atomic E-state index is 6.07. The van der Waals surface area contributed by atoms with Crippen molar-refractivity contribution in [3.05, 3.63) is 65.2 Å². The third-order valence-corrected chi connectivity index (χ3v) is 4.57. The third kappa shape index (κ3) is 2.79. The molecule has 0 aliphatic carbocycles. The second kappa shape index (κ2) is 6.26. The minimum atomic E-state index is 0.0705. The molecule has 0 aliphatic heterocycles. The molecule has 0 radical (unpaired) electrons. The highest BCUT2D eigenvalue weighted by Gasteiger charge is 2.13. The Bertz CT molecular complexity index is 1290. The summed E-state index contributed by atoms with van der Waals surface area (Å²) in [5.41, 5.74) is 3.58. The lowest BCUT2D eigenvalue weighted by molar-refractivity contribution is 0.766. The first-order valence-corrected chi connectivity index (χ1v) is 8.74. The standard InChI is InChI=1S/C17H10Cl2N8/c18-15-14-16(23-17(19)22-15)26(9-21-14)7-10-8-27(25-24-10)13-5-6-20-12-4-2-1-3-11(12)13/h1-6,8-9H,7H2. The van der Waals surface area contributed by atoms with Crippen molar-refractivity contribution >= 4 is 45.3 Å². The van der Waals surface area contributed by atoms with Crippen LogP contribution in [0.15, 0.2) is 49.1 Å². The molecule has 0 amide bonds. The van der Waals surface area contributed by atoms with Crippen molar-refractivity contribution in [1.29, 1.82) is 0 Å². The summed E-state index contributed by atoms with van der Waals surface area (Å²) in [4.78, 5) is 16.7. The maximum Gasteiger partial charge on any atom is 0.225 e. The molecule has 5 rings (SSSR count). The second-order valence-corrected chi connectivity index (χ2v) is 6.53. The Morgan fingerprint density at radius 3 is 2.81 bits per heavy atom. The first-order valence-electron chi connectivity index (χ1n) is 7.98. The summed E-state index contributed by atoms with van der Waals surface area (Å²) in [7, 11) is 0. The summed E-state index contributed by atoms with van der Waals surface area (Å²) in [6.07, 6.45) is 5.24. The summed E-state index contributed by atoms with van der Waals surface area (Å²) in [6, 6.07) is 9.79. The van der Waals surface area contributed by atoms with E-state index in [1.54, 1.807) is 21.8 Å². The number of para-hydroxylation sites is 1. The number of nitrogens with zero attached hydrogens (tertiary/aromatic N) is 8. The van der Waals surface area contributed by atoms with Crippen LogP contribution in [0.2, 0.25) is 10.4 Å². The van der Waals surface area contributed by atoms with Gasteiger partial charge in [-0.25, -0.2) is 14.6 Å². The van der Waals surface area contributed by atoms with E-state index >= 15 is 0 Å². The van der Waals surface area contributed by atoms with Crippen molar-refractivity contribution in [3.63, 3.8) is 0 Å². The van der Waals surface area contributed by atoms with E-state index in [-0.39, 0.29) is 10.4 Å². The van der Waals surface area contributed by atoms with Gasteiger partial charge < -0.3 is 4.57 Å². The van der Waals surface area contributed by atoms with Crippen LogP contribution in [0.3, 0.4) is 0 Å². The summed E-state index contributed by atoms with van der Waals surface area (Å²) in [5, 5.41) is 9.80. The van der Waals surface area contributed by atoms with Crippen molar-refractivity contribution < 1.29 is 0 Å². The predicted octanol–water partition coefficient (Wildman–Crippen LogP) is 3.31. The third-order valence-electron chi connectivity index (χ3n) is 4.14. The van der Waals surface area contributed by atoms with Crippen LogP contribution < -0.4 is 0 Å². The topological polar surface area (TPSA) is 87.2 Å². The van der Waals surface area contributed by atoms with Crippen LogP contribution in [0.25, 0.3) is 27.8 Å². The first kappa shape index (κ1) is 16.1. The number of hydrogen-bond acceptors (Lipinski definition) is 6. The van der Waals surface area contributed by atoms with Crippen molar-refractivity contribution in [2.45, 2.75) is 6.54 Å². The molecule has 27 heavy (non-hydrogen) atoms. The average Bonchev–Trinajstić information content (AvgIpc) is 3.29. The minimum Gasteiger partial charge on any atom is -0.309 e. The number of fused-ring (bicyclic) bond motifs is 2. The smallest absolute Gasteiger partial charge is 0.225 e. The molecular weight excluding hydrogens is 387 g/mol. The molecule has 10 heteroatoms. The second-order valence-electron chi connectivity index (χ2n) is 5.83. The van der Waals surface area contributed by atoms with Gasteiger partial charge in [-0.3, -0.25) is 4.98 Å². The lowest BCUT2D eigenvalue weighted by Crippen LogP contribution is -2.00. The van der Waals surface area contributed by atoms with Crippen molar-refractivity contribution in [2.24, 2.45) is 0 Å². The molecule has 0 unspecified atom stereocenters. The molecule has 132 valence electrons. The molecule has 0 saturated heterocycles. The fourth-order valence-corrected chi connectivity index (χ4v) is 3.37. The normalized spacial score (nSPS) is 11.5. The van der Waals surface area contributed by atoms with Gasteiger partial charge in [-0.1, -0.05) is 35.0 Å². The lowest BCUT2D eigenvalue weighted by Gasteiger charge is -2.04. The largest absolute Gasteiger partial charge is 0.309 e. The van der Waals surface area contributed by atoms with E-state index in [1.807, 2.05) is 36.5 Å². The molecule has 0 N–H and O–H groups in total. The molecule has 0 saturated carbocycles. The molecule has 0 atom stereocenters. The zero-order chi connectivity index (χ0) is 18.4. The van der Waals surface area contributed by atoms with Crippen molar-refractivity contribution in [1.82, 2.24) is 39.5 Å². The SMILES string of the molecule is Clc1nc(Cl)c2ncn(Cc3cn(-c4ccnc5ccccc45)nn3)c2n1. The summed E-state index contributed by atoms with van der Waals surface area (Å²) in [6.45, 7) is 0.420. The van der Waals surface area contributed by atoms with E-state index in [9.17, 15) is 0 Å². The van der Waals surface area contributed by atoms with Crippen LogP contribution in [-0.2, 0) is 6.54 Å². The van der Waals surface area contributed by atoms with Crippen molar-refractivity contribution in [2.75, 3.05) is 0 Å². The fraction of sp³-hybridized carbons (Fsp3) is 0.0588. The Hall–Kier alpha value is -3.10. The fourth-order valence-electron chi connectivity index (χ4n) is 2.94. The van der Waals surface area contributed by atoms with E-state index in [0.29, 0.717) is 17.7 Å². The molecular formula is C17H10Cl2N8. The summed E-state index contributed by atoms with van der Waals surface area (Å²) < 4.78 is 3.53. The van der Waals surface area contributed by atoms with Crippen LogP contribution >= 0.6 is 23.2 Å². The van der Waals surface area contributed by atoms with E-state index in [2.05, 4.69) is 30.2 Å². The van der Waals surface area contributed by atoms with Crippen LogP contribution in [0.5, 0.6) is 0 Å². The minimum absolute atomic E-state index is 0.0705. The van der Waals surface area contributed by atoms with E-state index in [1.165, 1.54) is 0 Å². The van der Waals surface area contributed by atoms with E-state index in [4.69, 9.17) is 23.2 Å². The predicted molar refractivity (Wildman–Crippen MR) is 101 cm³/mol. The maximum atomic E-state index is 6.07. The zero-order valence-electron chi connectivity index (χ0n) is 13.7. The first-order chi connectivity index (χ1) is 13.2. The Labute approximate surface area is 162 Å². The number of rotatable bonds is 3. The molecule has 0 aliphatic rings. The summed E-state index contributed by atoms with van der Waals surface area (Å²) in [5.74, 6) is 0. The molecule has 0 spiro atoms. The van der Waals surface area contributed by atoms with E-state index in [0.717, 1.165) is 22.3 Å². The number of aromatic nitrogens is 8. The highest BCUT2D eigenvalue weighted by Crippen LogP contribution is 2.22. The van der Waals surface area contributed by atoms with Gasteiger partial charge in [-0.15, -0.1) is 5.10 Å². The molecule has 1 aromatic carbocycles. The molecule has 5 aromatic rings. The summed E-state index contributed by atoms with van der Waals surface area (Å²) >= 11 is 12.0. The van der Waals surface area contributed by atoms with Gasteiger partial charge in [0.2, 0.25) is 5.28 Å². The van der Waals surface area contributed by atoms with Gasteiger partial charge in [0, 0.05) is 11.6 Å². The molecule has 0 bridgehead atoms. The number of benzene rings is 1. The van der Waals surface area contributed by atoms with Gasteiger partial charge in [-0.05, 0) is 23.7 Å². The zero-order valence-corrected chi connectivity index (χ0v) is 15.2. The number of hydrogen-bond donors (Lipinski definition) is 0. The van der Waals surface area contributed by atoms with Crippen LogP contribution in [0.1, 0.15) is 5.69 Å². The monoisotopic (exact) mass is 396 g/mol. The highest BCUT2D eigenvalue weighted by molar-refractivity contribution is 6.35. The number of halogens is 2. The highest BCUT2D eigenvalue weighted by atomic mass is 35.5. The van der Waals surface area contributed by atoms with E-state index < -0.39 is 0 Å². The molecule has 0 fully saturated rings. The lowest BCUT2D eigenvalue weighted by atomic mass is 10.2. The number of imidazole rings is 1. The number of pyridine rings is 1. The Morgan fingerprint density at radius 2 is 1.89 bits per heavy atom. The van der Waals surface area contributed by atoms with Crippen LogP contribution in [-0.4, -0.2) is 39.5 Å². The van der Waals surface area contributed by atoms with Crippen LogP contribution in [0, 0.1) is 0 Å². The average molecular weight is 397 g/mol. The van der Waals surface area contributed by atoms with Gasteiger partial charge in [0.05, 0.1) is 30.3 Å². The van der Waals surface area contributed by atoms with Gasteiger partial charge in [0.1, 0.15) is 11.2 Å². The Kier molecular flexibility index (Phi) is 3.73. The quantitative estimate of drug-likeness (QED) is 0.343. The van der Waals surface area contributed by atoms with Crippen molar-refractivity contribution in [3.8, 4) is 5.69 Å². The Morgan fingerprint density at radius 1 is 1.00 bits per heavy atom. The van der Waals surface area contributed by atoms with Gasteiger partial charge in [0.15, 0.2) is 10.8 Å².